The first-order chi connectivity index (χ1) is 11.8. The van der Waals surface area contributed by atoms with E-state index in [1.54, 1.807) is 22.7 Å². The van der Waals surface area contributed by atoms with E-state index in [-0.39, 0.29) is 11.9 Å². The standard InChI is InChI=1S/C19H20N2OS2/c1-2-6-17(14-7-4-3-5-8-14)21-18(22)11-16-13-24-19(20-16)15-9-10-23-12-15/h3-5,7-10,12-13,17H,2,6,11H2,1H3,(H,21,22). The van der Waals surface area contributed by atoms with Crippen molar-refractivity contribution in [2.75, 3.05) is 0 Å². The van der Waals surface area contributed by atoms with Crippen LogP contribution in [0.3, 0.4) is 0 Å². The fraction of sp³-hybridized carbons (Fsp3) is 0.263. The third kappa shape index (κ3) is 4.30. The molecule has 5 heteroatoms. The highest BCUT2D eigenvalue weighted by molar-refractivity contribution is 7.14. The molecule has 1 aromatic carbocycles. The van der Waals surface area contributed by atoms with E-state index < -0.39 is 0 Å². The second-order valence-electron chi connectivity index (χ2n) is 5.65. The molecule has 0 saturated heterocycles. The number of aromatic nitrogens is 1. The molecule has 0 spiro atoms. The Balaban J connectivity index is 1.64. The zero-order valence-electron chi connectivity index (χ0n) is 13.6. The van der Waals surface area contributed by atoms with Crippen molar-refractivity contribution in [2.24, 2.45) is 0 Å². The maximum Gasteiger partial charge on any atom is 0.226 e. The highest BCUT2D eigenvalue weighted by atomic mass is 32.1. The summed E-state index contributed by atoms with van der Waals surface area (Å²) in [5.74, 6) is 0.0273. The summed E-state index contributed by atoms with van der Waals surface area (Å²) in [6, 6.07) is 12.3. The van der Waals surface area contributed by atoms with E-state index in [1.807, 2.05) is 29.0 Å². The summed E-state index contributed by atoms with van der Waals surface area (Å²) in [7, 11) is 0. The molecule has 2 heterocycles. The lowest BCUT2D eigenvalue weighted by Gasteiger charge is -2.18. The third-order valence-corrected chi connectivity index (χ3v) is 5.40. The van der Waals surface area contributed by atoms with Crippen LogP contribution in [-0.2, 0) is 11.2 Å². The van der Waals surface area contributed by atoms with Gasteiger partial charge in [-0.2, -0.15) is 11.3 Å². The van der Waals surface area contributed by atoms with Gasteiger partial charge in [0.15, 0.2) is 0 Å². The molecule has 0 aliphatic carbocycles. The average Bonchev–Trinajstić information content (AvgIpc) is 3.26. The second kappa shape index (κ2) is 8.22. The summed E-state index contributed by atoms with van der Waals surface area (Å²) in [6.45, 7) is 2.13. The highest BCUT2D eigenvalue weighted by Crippen LogP contribution is 2.26. The van der Waals surface area contributed by atoms with Gasteiger partial charge in [0.2, 0.25) is 5.91 Å². The van der Waals surface area contributed by atoms with E-state index in [1.165, 1.54) is 0 Å². The summed E-state index contributed by atoms with van der Waals surface area (Å²) in [5.41, 5.74) is 3.12. The van der Waals surface area contributed by atoms with Crippen LogP contribution in [0.15, 0.2) is 52.5 Å². The van der Waals surface area contributed by atoms with Crippen LogP contribution < -0.4 is 5.32 Å². The highest BCUT2D eigenvalue weighted by Gasteiger charge is 2.15. The third-order valence-electron chi connectivity index (χ3n) is 3.78. The molecule has 0 aliphatic heterocycles. The van der Waals surface area contributed by atoms with Crippen LogP contribution in [0, 0.1) is 0 Å². The molecule has 124 valence electrons. The molecule has 0 aliphatic rings. The Morgan fingerprint density at radius 3 is 2.75 bits per heavy atom. The van der Waals surface area contributed by atoms with Crippen molar-refractivity contribution in [3.8, 4) is 10.6 Å². The van der Waals surface area contributed by atoms with Crippen LogP contribution >= 0.6 is 22.7 Å². The Labute approximate surface area is 150 Å². The molecule has 0 radical (unpaired) electrons. The van der Waals surface area contributed by atoms with Gasteiger partial charge >= 0.3 is 0 Å². The minimum Gasteiger partial charge on any atom is -0.349 e. The summed E-state index contributed by atoms with van der Waals surface area (Å²) < 4.78 is 0. The number of benzene rings is 1. The lowest BCUT2D eigenvalue weighted by Crippen LogP contribution is -2.29. The number of rotatable bonds is 7. The number of amides is 1. The summed E-state index contributed by atoms with van der Waals surface area (Å²) in [6.07, 6.45) is 2.29. The van der Waals surface area contributed by atoms with Gasteiger partial charge in [0, 0.05) is 16.3 Å². The van der Waals surface area contributed by atoms with Gasteiger partial charge in [-0.25, -0.2) is 4.98 Å². The SMILES string of the molecule is CCCC(NC(=O)Cc1csc(-c2ccsc2)n1)c1ccccc1. The molecule has 1 atom stereocenters. The molecule has 1 N–H and O–H groups in total. The molecule has 0 saturated carbocycles. The Morgan fingerprint density at radius 2 is 2.04 bits per heavy atom. The molecule has 24 heavy (non-hydrogen) atoms. The number of hydrogen-bond donors (Lipinski definition) is 1. The largest absolute Gasteiger partial charge is 0.349 e. The van der Waals surface area contributed by atoms with E-state index in [2.05, 4.69) is 40.8 Å². The van der Waals surface area contributed by atoms with Crippen molar-refractivity contribution in [3.05, 3.63) is 63.8 Å². The fourth-order valence-corrected chi connectivity index (χ4v) is 4.14. The molecule has 1 amide bonds. The molecule has 0 bridgehead atoms. The van der Waals surface area contributed by atoms with Gasteiger partial charge in [0.25, 0.3) is 0 Å². The predicted octanol–water partition coefficient (Wildman–Crippen LogP) is 5.07. The number of nitrogens with one attached hydrogen (secondary N) is 1. The van der Waals surface area contributed by atoms with Crippen LogP contribution in [0.25, 0.3) is 10.6 Å². The second-order valence-corrected chi connectivity index (χ2v) is 7.29. The zero-order valence-corrected chi connectivity index (χ0v) is 15.2. The lowest BCUT2D eigenvalue weighted by atomic mass is 10.0. The first-order valence-electron chi connectivity index (χ1n) is 8.07. The number of carbonyl (C=O) groups is 1. The number of carbonyl (C=O) groups excluding carboxylic acids is 1. The molecule has 3 aromatic rings. The molecule has 3 rings (SSSR count). The van der Waals surface area contributed by atoms with Crippen LogP contribution in [0.1, 0.15) is 37.1 Å². The average molecular weight is 357 g/mol. The van der Waals surface area contributed by atoms with Gasteiger partial charge in [-0.15, -0.1) is 11.3 Å². The molecule has 3 nitrogen and oxygen atoms in total. The summed E-state index contributed by atoms with van der Waals surface area (Å²) in [5, 5.41) is 10.2. The first-order valence-corrected chi connectivity index (χ1v) is 9.89. The van der Waals surface area contributed by atoms with E-state index in [0.717, 1.165) is 34.7 Å². The molecular weight excluding hydrogens is 336 g/mol. The summed E-state index contributed by atoms with van der Waals surface area (Å²) in [4.78, 5) is 17.0. The zero-order chi connectivity index (χ0) is 16.8. The topological polar surface area (TPSA) is 42.0 Å². The van der Waals surface area contributed by atoms with Crippen molar-refractivity contribution in [1.82, 2.24) is 10.3 Å². The Bertz CT molecular complexity index is 766. The van der Waals surface area contributed by atoms with Crippen LogP contribution in [0.4, 0.5) is 0 Å². The van der Waals surface area contributed by atoms with Gasteiger partial charge in [0.1, 0.15) is 5.01 Å². The molecular formula is C19H20N2OS2. The van der Waals surface area contributed by atoms with E-state index in [0.29, 0.717) is 6.42 Å². The Morgan fingerprint density at radius 1 is 1.21 bits per heavy atom. The minimum absolute atomic E-state index is 0.0273. The van der Waals surface area contributed by atoms with Crippen molar-refractivity contribution in [1.29, 1.82) is 0 Å². The van der Waals surface area contributed by atoms with E-state index in [9.17, 15) is 4.79 Å². The maximum atomic E-state index is 12.4. The lowest BCUT2D eigenvalue weighted by molar-refractivity contribution is -0.121. The van der Waals surface area contributed by atoms with Gasteiger partial charge in [-0.05, 0) is 23.4 Å². The summed E-state index contributed by atoms with van der Waals surface area (Å²) >= 11 is 3.25. The van der Waals surface area contributed by atoms with E-state index in [4.69, 9.17) is 0 Å². The van der Waals surface area contributed by atoms with Gasteiger partial charge in [-0.1, -0.05) is 43.7 Å². The maximum absolute atomic E-state index is 12.4. The number of thiophene rings is 1. The molecule has 2 aromatic heterocycles. The number of nitrogens with zero attached hydrogens (tertiary/aromatic N) is 1. The van der Waals surface area contributed by atoms with Crippen LogP contribution in [0.5, 0.6) is 0 Å². The first kappa shape index (κ1) is 16.9. The Kier molecular flexibility index (Phi) is 5.77. The van der Waals surface area contributed by atoms with E-state index >= 15 is 0 Å². The van der Waals surface area contributed by atoms with Crippen molar-refractivity contribution in [3.63, 3.8) is 0 Å². The number of thiazole rings is 1. The predicted molar refractivity (Wildman–Crippen MR) is 101 cm³/mol. The minimum atomic E-state index is 0.0273. The van der Waals surface area contributed by atoms with Gasteiger partial charge in [0.05, 0.1) is 18.2 Å². The van der Waals surface area contributed by atoms with Gasteiger partial charge in [-0.3, -0.25) is 4.79 Å². The van der Waals surface area contributed by atoms with Crippen LogP contribution in [-0.4, -0.2) is 10.9 Å². The molecule has 0 fully saturated rings. The van der Waals surface area contributed by atoms with Crippen LogP contribution in [0.2, 0.25) is 0 Å². The van der Waals surface area contributed by atoms with Crippen molar-refractivity contribution in [2.45, 2.75) is 32.2 Å². The monoisotopic (exact) mass is 356 g/mol. The quantitative estimate of drug-likeness (QED) is 0.642. The van der Waals surface area contributed by atoms with Gasteiger partial charge < -0.3 is 5.32 Å². The Hall–Kier alpha value is -1.98. The normalized spacial score (nSPS) is 12.0. The fourth-order valence-electron chi connectivity index (χ4n) is 2.61. The number of hydrogen-bond acceptors (Lipinski definition) is 4. The smallest absolute Gasteiger partial charge is 0.226 e. The van der Waals surface area contributed by atoms with Crippen molar-refractivity contribution >= 4 is 28.6 Å². The molecule has 1 unspecified atom stereocenters. The van der Waals surface area contributed by atoms with Crippen molar-refractivity contribution < 1.29 is 4.79 Å².